The van der Waals surface area contributed by atoms with Crippen LogP contribution in [0.3, 0.4) is 0 Å². The third-order valence-corrected chi connectivity index (χ3v) is 9.65. The Balaban J connectivity index is 1.46. The van der Waals surface area contributed by atoms with Crippen molar-refractivity contribution in [1.82, 2.24) is 0 Å². The van der Waals surface area contributed by atoms with Gasteiger partial charge in [0.05, 0.1) is 12.7 Å². The van der Waals surface area contributed by atoms with Gasteiger partial charge in [-0.1, -0.05) is 48.6 Å². The first-order valence-electron chi connectivity index (χ1n) is 13.6. The van der Waals surface area contributed by atoms with E-state index in [4.69, 9.17) is 16.3 Å². The van der Waals surface area contributed by atoms with E-state index in [0.717, 1.165) is 36.1 Å². The van der Waals surface area contributed by atoms with E-state index in [1.807, 2.05) is 38.4 Å². The smallest absolute Gasteiger partial charge is 0.156 e. The summed E-state index contributed by atoms with van der Waals surface area (Å²) in [5.41, 5.74) is 5.26. The largest absolute Gasteiger partial charge is 0.378 e. The number of anilines is 1. The lowest BCUT2D eigenvalue weighted by Crippen LogP contribution is -2.53. The minimum Gasteiger partial charge on any atom is -0.378 e. The molecule has 2 aromatic rings. The Labute approximate surface area is 230 Å². The van der Waals surface area contributed by atoms with Crippen LogP contribution in [-0.4, -0.2) is 43.3 Å². The molecule has 3 aliphatic carbocycles. The molecule has 0 aromatic heterocycles. The van der Waals surface area contributed by atoms with Gasteiger partial charge >= 0.3 is 0 Å². The van der Waals surface area contributed by atoms with Gasteiger partial charge in [0.2, 0.25) is 0 Å². The van der Waals surface area contributed by atoms with Gasteiger partial charge in [-0.25, -0.2) is 0 Å². The van der Waals surface area contributed by atoms with Crippen molar-refractivity contribution in [3.8, 4) is 11.8 Å². The molecule has 196 valence electrons. The molecule has 0 amide bonds. The van der Waals surface area contributed by atoms with Crippen LogP contribution in [0.15, 0.2) is 71.3 Å². The van der Waals surface area contributed by atoms with Gasteiger partial charge in [0.15, 0.2) is 5.78 Å². The molecule has 5 atom stereocenters. The van der Waals surface area contributed by atoms with Crippen LogP contribution in [0.4, 0.5) is 5.69 Å². The molecule has 4 nitrogen and oxygen atoms in total. The molecule has 5 unspecified atom stereocenters. The fraction of sp³-hybridized carbons (Fsp3) is 0.424. The topological polar surface area (TPSA) is 49.8 Å². The highest BCUT2D eigenvalue weighted by atomic mass is 35.5. The zero-order valence-corrected chi connectivity index (χ0v) is 23.0. The van der Waals surface area contributed by atoms with Gasteiger partial charge in [-0.05, 0) is 90.3 Å². The van der Waals surface area contributed by atoms with Crippen LogP contribution >= 0.6 is 11.6 Å². The zero-order valence-electron chi connectivity index (χ0n) is 22.3. The summed E-state index contributed by atoms with van der Waals surface area (Å²) in [5.74, 6) is 6.96. The Hall–Kier alpha value is -2.84. The molecule has 1 N–H and O–H groups in total. The minimum atomic E-state index is -1.14. The van der Waals surface area contributed by atoms with Crippen molar-refractivity contribution in [2.45, 2.75) is 56.7 Å². The number of benzene rings is 2. The number of aliphatic hydroxyl groups is 1. The molecule has 0 radical (unpaired) electrons. The Morgan fingerprint density at radius 2 is 1.92 bits per heavy atom. The molecule has 1 heterocycles. The van der Waals surface area contributed by atoms with Gasteiger partial charge in [0, 0.05) is 48.1 Å². The summed E-state index contributed by atoms with van der Waals surface area (Å²) in [6.07, 6.45) is 5.27. The van der Waals surface area contributed by atoms with E-state index < -0.39 is 11.0 Å². The maximum atomic E-state index is 12.2. The molecule has 38 heavy (non-hydrogen) atoms. The van der Waals surface area contributed by atoms with Crippen LogP contribution in [0.5, 0.6) is 0 Å². The van der Waals surface area contributed by atoms with Crippen molar-refractivity contribution in [3.63, 3.8) is 0 Å². The first kappa shape index (κ1) is 25.4. The van der Waals surface area contributed by atoms with Gasteiger partial charge in [-0.15, -0.1) is 0 Å². The second kappa shape index (κ2) is 9.42. The minimum absolute atomic E-state index is 0.0851. The summed E-state index contributed by atoms with van der Waals surface area (Å²) >= 11 is 6.19. The molecule has 2 fully saturated rings. The Morgan fingerprint density at radius 3 is 2.66 bits per heavy atom. The number of carbonyl (C=O) groups is 1. The lowest BCUT2D eigenvalue weighted by molar-refractivity contribution is -0.115. The molecular formula is C33H34ClNO3. The van der Waals surface area contributed by atoms with Crippen molar-refractivity contribution in [2.75, 3.05) is 25.6 Å². The lowest BCUT2D eigenvalue weighted by atomic mass is 9.55. The van der Waals surface area contributed by atoms with E-state index in [1.54, 1.807) is 6.08 Å². The summed E-state index contributed by atoms with van der Waals surface area (Å²) in [5, 5.41) is 12.8. The van der Waals surface area contributed by atoms with Crippen molar-refractivity contribution in [1.29, 1.82) is 0 Å². The van der Waals surface area contributed by atoms with Crippen LogP contribution in [0, 0.1) is 23.2 Å². The third-order valence-electron chi connectivity index (χ3n) is 9.42. The number of rotatable bonds is 2. The highest BCUT2D eigenvalue weighted by Crippen LogP contribution is 2.64. The molecule has 4 aliphatic rings. The monoisotopic (exact) mass is 527 g/mol. The molecule has 0 bridgehead atoms. The number of ether oxygens (including phenoxy) is 1. The highest BCUT2D eigenvalue weighted by molar-refractivity contribution is 6.30. The van der Waals surface area contributed by atoms with E-state index in [0.29, 0.717) is 24.5 Å². The van der Waals surface area contributed by atoms with Crippen molar-refractivity contribution in [3.05, 3.63) is 87.5 Å². The first-order valence-corrected chi connectivity index (χ1v) is 13.9. The number of hydrogen-bond acceptors (Lipinski definition) is 4. The SMILES string of the molecule is CN(C)c1ccc(C2CC3(C)C(CCC3(O)C#Cc3cccc(Cl)c3)C3OCC4=CC(=O)CCC4=C23)cc1. The quantitative estimate of drug-likeness (QED) is 0.481. The predicted molar refractivity (Wildman–Crippen MR) is 151 cm³/mol. The van der Waals surface area contributed by atoms with Gasteiger partial charge < -0.3 is 14.7 Å². The van der Waals surface area contributed by atoms with Crippen LogP contribution in [-0.2, 0) is 9.53 Å². The van der Waals surface area contributed by atoms with Crippen molar-refractivity contribution < 1.29 is 14.6 Å². The van der Waals surface area contributed by atoms with Crippen LogP contribution in [0.1, 0.15) is 56.1 Å². The lowest BCUT2D eigenvalue weighted by Gasteiger charge is -2.53. The van der Waals surface area contributed by atoms with Crippen LogP contribution in [0.25, 0.3) is 0 Å². The van der Waals surface area contributed by atoms with E-state index in [1.165, 1.54) is 16.7 Å². The number of carbonyl (C=O) groups excluding carboxylic acids is 1. The second-order valence-electron chi connectivity index (χ2n) is 11.7. The second-order valence-corrected chi connectivity index (χ2v) is 12.2. The number of allylic oxidation sites excluding steroid dienone is 1. The summed E-state index contributed by atoms with van der Waals surface area (Å²) in [7, 11) is 4.09. The Bertz CT molecular complexity index is 1410. The number of ketones is 1. The van der Waals surface area contributed by atoms with Crippen LogP contribution < -0.4 is 4.90 Å². The average molecular weight is 528 g/mol. The van der Waals surface area contributed by atoms with Crippen molar-refractivity contribution >= 4 is 23.1 Å². The average Bonchev–Trinajstić information content (AvgIpc) is 3.17. The first-order chi connectivity index (χ1) is 18.2. The third kappa shape index (κ3) is 4.13. The molecule has 0 saturated heterocycles. The molecule has 0 spiro atoms. The van der Waals surface area contributed by atoms with Gasteiger partial charge in [0.25, 0.3) is 0 Å². The Kier molecular flexibility index (Phi) is 6.30. The molecule has 2 saturated carbocycles. The van der Waals surface area contributed by atoms with Crippen molar-refractivity contribution in [2.24, 2.45) is 11.3 Å². The summed E-state index contributed by atoms with van der Waals surface area (Å²) in [6, 6.07) is 16.2. The Morgan fingerprint density at radius 1 is 1.13 bits per heavy atom. The molecule has 5 heteroatoms. The molecule has 2 aromatic carbocycles. The van der Waals surface area contributed by atoms with Gasteiger partial charge in [0.1, 0.15) is 5.60 Å². The predicted octanol–water partition coefficient (Wildman–Crippen LogP) is 6.08. The number of fused-ring (bicyclic) bond motifs is 4. The van der Waals surface area contributed by atoms with Crippen LogP contribution in [0.2, 0.25) is 5.02 Å². The number of halogens is 1. The van der Waals surface area contributed by atoms with E-state index >= 15 is 0 Å². The maximum absolute atomic E-state index is 12.2. The fourth-order valence-corrected chi connectivity index (χ4v) is 7.46. The summed E-state index contributed by atoms with van der Waals surface area (Å²) < 4.78 is 6.60. The van der Waals surface area contributed by atoms with E-state index in [-0.39, 0.29) is 23.7 Å². The summed E-state index contributed by atoms with van der Waals surface area (Å²) in [6.45, 7) is 2.67. The van der Waals surface area contributed by atoms with Gasteiger partial charge in [-0.2, -0.15) is 0 Å². The number of nitrogens with zero attached hydrogens (tertiary/aromatic N) is 1. The maximum Gasteiger partial charge on any atom is 0.156 e. The normalized spacial score (nSPS) is 32.0. The fourth-order valence-electron chi connectivity index (χ4n) is 7.27. The standard InChI is InChI=1S/C33H34ClNO3/c1-32-19-28(22-7-9-25(10-8-22)35(2)3)30-27-12-11-26(36)18-23(27)20-38-31(30)29(32)14-16-33(32,37)15-13-21-5-4-6-24(34)17-21/h4-10,17-18,28-29,31,37H,11-12,14,16,19-20H2,1-3H3. The van der Waals surface area contributed by atoms with Gasteiger partial charge in [-0.3, -0.25) is 4.79 Å². The number of hydrogen-bond donors (Lipinski definition) is 1. The molecular weight excluding hydrogens is 494 g/mol. The van der Waals surface area contributed by atoms with E-state index in [2.05, 4.69) is 47.9 Å². The van der Waals surface area contributed by atoms with E-state index in [9.17, 15) is 9.90 Å². The highest BCUT2D eigenvalue weighted by Gasteiger charge is 2.63. The summed E-state index contributed by atoms with van der Waals surface area (Å²) in [4.78, 5) is 14.3. The molecule has 1 aliphatic heterocycles. The zero-order chi connectivity index (χ0) is 26.7. The molecule has 6 rings (SSSR count).